The number of alkyl halides is 3. The Hall–Kier alpha value is -3.22. The van der Waals surface area contributed by atoms with Gasteiger partial charge in [0.2, 0.25) is 5.89 Å². The maximum atomic E-state index is 12.6. The number of rotatable bonds is 2. The van der Waals surface area contributed by atoms with Gasteiger partial charge < -0.3 is 4.42 Å². The molecule has 0 aliphatic carbocycles. The van der Waals surface area contributed by atoms with E-state index in [-0.39, 0.29) is 11.8 Å². The van der Waals surface area contributed by atoms with Gasteiger partial charge >= 0.3 is 6.18 Å². The minimum absolute atomic E-state index is 0.138. The number of hydrogen-bond acceptors (Lipinski definition) is 4. The highest BCUT2D eigenvalue weighted by Crippen LogP contribution is 2.31. The highest BCUT2D eigenvalue weighted by atomic mass is 19.4. The van der Waals surface area contributed by atoms with E-state index in [2.05, 4.69) is 15.2 Å². The second-order valence-electron chi connectivity index (χ2n) is 5.38. The summed E-state index contributed by atoms with van der Waals surface area (Å²) in [5, 5.41) is 8.82. The summed E-state index contributed by atoms with van der Waals surface area (Å²) in [5.41, 5.74) is 0.971. The standard InChI is InChI=1S/C18H10F3N3O/c19-18(20,21)13-8-5-12(6-9-13)16-23-24-17(25-16)15-10-7-11-3-1-2-4-14(11)22-15/h1-10H. The number of hydrogen-bond donors (Lipinski definition) is 0. The normalized spacial score (nSPS) is 11.8. The van der Waals surface area contributed by atoms with Crippen molar-refractivity contribution >= 4 is 10.9 Å². The molecule has 0 atom stereocenters. The lowest BCUT2D eigenvalue weighted by molar-refractivity contribution is -0.137. The van der Waals surface area contributed by atoms with Crippen LogP contribution >= 0.6 is 0 Å². The molecule has 0 bridgehead atoms. The van der Waals surface area contributed by atoms with Gasteiger partial charge in [0.15, 0.2) is 0 Å². The van der Waals surface area contributed by atoms with Crippen molar-refractivity contribution in [3.63, 3.8) is 0 Å². The fourth-order valence-electron chi connectivity index (χ4n) is 2.43. The summed E-state index contributed by atoms with van der Waals surface area (Å²) in [6.45, 7) is 0. The Labute approximate surface area is 140 Å². The molecule has 0 radical (unpaired) electrons. The van der Waals surface area contributed by atoms with Crippen molar-refractivity contribution in [2.24, 2.45) is 0 Å². The molecule has 4 nitrogen and oxygen atoms in total. The maximum Gasteiger partial charge on any atom is 0.416 e. The SMILES string of the molecule is FC(F)(F)c1ccc(-c2nnc(-c3ccc4ccccc4n3)o2)cc1. The van der Waals surface area contributed by atoms with Crippen LogP contribution in [0.3, 0.4) is 0 Å². The van der Waals surface area contributed by atoms with E-state index < -0.39 is 11.7 Å². The van der Waals surface area contributed by atoms with E-state index in [1.807, 2.05) is 30.3 Å². The molecule has 4 rings (SSSR count). The van der Waals surface area contributed by atoms with Crippen LogP contribution in [0.4, 0.5) is 13.2 Å². The summed E-state index contributed by atoms with van der Waals surface area (Å²) >= 11 is 0. The largest absolute Gasteiger partial charge is 0.416 e. The summed E-state index contributed by atoms with van der Waals surface area (Å²) in [7, 11) is 0. The number of fused-ring (bicyclic) bond motifs is 1. The van der Waals surface area contributed by atoms with E-state index >= 15 is 0 Å². The predicted molar refractivity (Wildman–Crippen MR) is 85.5 cm³/mol. The van der Waals surface area contributed by atoms with Crippen LogP contribution in [0.5, 0.6) is 0 Å². The van der Waals surface area contributed by atoms with Gasteiger partial charge in [-0.3, -0.25) is 0 Å². The molecule has 0 fully saturated rings. The number of para-hydroxylation sites is 1. The Morgan fingerprint density at radius 2 is 1.48 bits per heavy atom. The van der Waals surface area contributed by atoms with Gasteiger partial charge in [-0.05, 0) is 36.4 Å². The van der Waals surface area contributed by atoms with Crippen molar-refractivity contribution < 1.29 is 17.6 Å². The number of nitrogens with zero attached hydrogens (tertiary/aromatic N) is 3. The fourth-order valence-corrected chi connectivity index (χ4v) is 2.43. The van der Waals surface area contributed by atoms with Crippen LogP contribution in [0.2, 0.25) is 0 Å². The maximum absolute atomic E-state index is 12.6. The van der Waals surface area contributed by atoms with E-state index in [4.69, 9.17) is 4.42 Å². The fraction of sp³-hybridized carbons (Fsp3) is 0.0556. The first-order valence-electron chi connectivity index (χ1n) is 7.38. The van der Waals surface area contributed by atoms with E-state index in [9.17, 15) is 13.2 Å². The Morgan fingerprint density at radius 3 is 2.24 bits per heavy atom. The minimum atomic E-state index is -4.38. The molecule has 0 N–H and O–H groups in total. The lowest BCUT2D eigenvalue weighted by atomic mass is 10.1. The molecule has 0 spiro atoms. The summed E-state index contributed by atoms with van der Waals surface area (Å²) in [6, 6.07) is 15.8. The van der Waals surface area contributed by atoms with Gasteiger partial charge in [-0.2, -0.15) is 13.2 Å². The Kier molecular flexibility index (Phi) is 3.49. The van der Waals surface area contributed by atoms with Crippen LogP contribution in [0.25, 0.3) is 33.9 Å². The molecule has 7 heteroatoms. The first kappa shape index (κ1) is 15.3. The van der Waals surface area contributed by atoms with Crippen molar-refractivity contribution in [2.45, 2.75) is 6.18 Å². The smallest absolute Gasteiger partial charge is 0.415 e. The summed E-state index contributed by atoms with van der Waals surface area (Å²) in [4.78, 5) is 4.45. The number of halogens is 3. The molecule has 0 amide bonds. The van der Waals surface area contributed by atoms with E-state index in [0.29, 0.717) is 11.3 Å². The van der Waals surface area contributed by atoms with Crippen LogP contribution in [0, 0.1) is 0 Å². The van der Waals surface area contributed by atoms with Gasteiger partial charge in [-0.15, -0.1) is 10.2 Å². The molecule has 25 heavy (non-hydrogen) atoms. The van der Waals surface area contributed by atoms with E-state index in [1.165, 1.54) is 12.1 Å². The molecule has 0 unspecified atom stereocenters. The number of benzene rings is 2. The third kappa shape index (κ3) is 2.96. The molecule has 2 aromatic heterocycles. The first-order valence-corrected chi connectivity index (χ1v) is 7.38. The van der Waals surface area contributed by atoms with Crippen LogP contribution in [0.1, 0.15) is 5.56 Å². The third-order valence-corrected chi connectivity index (χ3v) is 3.70. The van der Waals surface area contributed by atoms with Gasteiger partial charge in [0, 0.05) is 10.9 Å². The number of aromatic nitrogens is 3. The minimum Gasteiger partial charge on any atom is -0.415 e. The van der Waals surface area contributed by atoms with Crippen LogP contribution in [-0.2, 0) is 6.18 Å². The van der Waals surface area contributed by atoms with Crippen molar-refractivity contribution in [3.05, 3.63) is 66.2 Å². The number of pyridine rings is 1. The highest BCUT2D eigenvalue weighted by molar-refractivity contribution is 5.80. The molecule has 2 aromatic carbocycles. The molecule has 0 saturated carbocycles. The summed E-state index contributed by atoms with van der Waals surface area (Å²) in [5.74, 6) is 0.347. The molecule has 4 aromatic rings. The zero-order valence-electron chi connectivity index (χ0n) is 12.7. The van der Waals surface area contributed by atoms with Gasteiger partial charge in [-0.25, -0.2) is 4.98 Å². The van der Waals surface area contributed by atoms with Crippen molar-refractivity contribution in [1.82, 2.24) is 15.2 Å². The Morgan fingerprint density at radius 1 is 0.760 bits per heavy atom. The van der Waals surface area contributed by atoms with Crippen molar-refractivity contribution in [3.8, 4) is 23.0 Å². The molecule has 124 valence electrons. The molecule has 0 aliphatic heterocycles. The second-order valence-corrected chi connectivity index (χ2v) is 5.38. The lowest BCUT2D eigenvalue weighted by Gasteiger charge is -2.05. The van der Waals surface area contributed by atoms with E-state index in [0.717, 1.165) is 23.0 Å². The molecule has 2 heterocycles. The molecular formula is C18H10F3N3O. The molecular weight excluding hydrogens is 331 g/mol. The van der Waals surface area contributed by atoms with Crippen molar-refractivity contribution in [2.75, 3.05) is 0 Å². The lowest BCUT2D eigenvalue weighted by Crippen LogP contribution is -2.03. The van der Waals surface area contributed by atoms with Gasteiger partial charge in [0.05, 0.1) is 11.1 Å². The van der Waals surface area contributed by atoms with Gasteiger partial charge in [-0.1, -0.05) is 24.3 Å². The van der Waals surface area contributed by atoms with Crippen LogP contribution < -0.4 is 0 Å². The quantitative estimate of drug-likeness (QED) is 0.516. The average molecular weight is 341 g/mol. The summed E-state index contributed by atoms with van der Waals surface area (Å²) < 4.78 is 43.4. The van der Waals surface area contributed by atoms with Gasteiger partial charge in [0.1, 0.15) is 5.69 Å². The van der Waals surface area contributed by atoms with Crippen LogP contribution in [-0.4, -0.2) is 15.2 Å². The second kappa shape index (κ2) is 5.70. The average Bonchev–Trinajstić information content (AvgIpc) is 3.11. The van der Waals surface area contributed by atoms with Gasteiger partial charge in [0.25, 0.3) is 5.89 Å². The first-order chi connectivity index (χ1) is 12.0. The zero-order valence-corrected chi connectivity index (χ0v) is 12.7. The zero-order chi connectivity index (χ0) is 17.4. The molecule has 0 saturated heterocycles. The molecule has 0 aliphatic rings. The van der Waals surface area contributed by atoms with Crippen LogP contribution in [0.15, 0.2) is 65.1 Å². The Balaban J connectivity index is 1.67. The summed E-state index contributed by atoms with van der Waals surface area (Å²) in [6.07, 6.45) is -4.38. The topological polar surface area (TPSA) is 51.8 Å². The monoisotopic (exact) mass is 341 g/mol. The third-order valence-electron chi connectivity index (χ3n) is 3.70. The Bertz CT molecular complexity index is 1040. The highest BCUT2D eigenvalue weighted by Gasteiger charge is 2.30. The van der Waals surface area contributed by atoms with E-state index in [1.54, 1.807) is 6.07 Å². The van der Waals surface area contributed by atoms with Crippen molar-refractivity contribution in [1.29, 1.82) is 0 Å². The predicted octanol–water partition coefficient (Wildman–Crippen LogP) is 4.97.